The van der Waals surface area contributed by atoms with E-state index < -0.39 is 10.1 Å². The van der Waals surface area contributed by atoms with Crippen molar-refractivity contribution in [1.82, 2.24) is 9.97 Å². The molecule has 5 nitrogen and oxygen atoms in total. The number of hydrogen-bond donors (Lipinski definition) is 2. The molecule has 2 aromatic heterocycles. The van der Waals surface area contributed by atoms with E-state index in [1.165, 1.54) is 43.4 Å². The van der Waals surface area contributed by atoms with Gasteiger partial charge in [0.15, 0.2) is 0 Å². The number of H-pyrrole nitrogens is 1. The zero-order valence-corrected chi connectivity index (χ0v) is 15.0. The molecule has 0 fully saturated rings. The SMILES string of the molecule is CCCCCCc1[nH]ccc1C.CS(=O)(=O)O.c1ccncc1. The van der Waals surface area contributed by atoms with Gasteiger partial charge in [-0.1, -0.05) is 32.3 Å². The summed E-state index contributed by atoms with van der Waals surface area (Å²) in [6.07, 6.45) is 12.9. The molecule has 0 saturated carbocycles. The van der Waals surface area contributed by atoms with E-state index >= 15 is 0 Å². The summed E-state index contributed by atoms with van der Waals surface area (Å²) in [5, 5.41) is 0. The van der Waals surface area contributed by atoms with Crippen LogP contribution in [0.2, 0.25) is 0 Å². The normalized spacial score (nSPS) is 10.1. The lowest BCUT2D eigenvalue weighted by Crippen LogP contribution is -1.88. The number of unbranched alkanes of at least 4 members (excludes halogenated alkanes) is 3. The van der Waals surface area contributed by atoms with E-state index in [0.29, 0.717) is 6.26 Å². The minimum absolute atomic E-state index is 0.715. The second kappa shape index (κ2) is 12.8. The number of nitrogens with one attached hydrogen (secondary N) is 1. The summed E-state index contributed by atoms with van der Waals surface area (Å²) in [5.74, 6) is 0. The molecule has 0 saturated heterocycles. The minimum atomic E-state index is -3.67. The first-order valence-corrected chi connectivity index (χ1v) is 9.59. The average molecular weight is 340 g/mol. The van der Waals surface area contributed by atoms with Crippen molar-refractivity contribution in [3.05, 3.63) is 54.1 Å². The van der Waals surface area contributed by atoms with E-state index in [2.05, 4.69) is 29.9 Å². The first-order valence-electron chi connectivity index (χ1n) is 7.75. The monoisotopic (exact) mass is 340 g/mol. The van der Waals surface area contributed by atoms with Gasteiger partial charge in [-0.2, -0.15) is 8.42 Å². The van der Waals surface area contributed by atoms with Crippen LogP contribution in [0.4, 0.5) is 0 Å². The fraction of sp³-hybridized carbons (Fsp3) is 0.471. The van der Waals surface area contributed by atoms with Crippen molar-refractivity contribution >= 4 is 10.1 Å². The molecule has 0 aliphatic heterocycles. The van der Waals surface area contributed by atoms with E-state index in [1.54, 1.807) is 12.4 Å². The molecule has 0 aliphatic carbocycles. The second-order valence-electron chi connectivity index (χ2n) is 5.21. The Kier molecular flexibility index (Phi) is 11.9. The topological polar surface area (TPSA) is 83.0 Å². The number of aryl methyl sites for hydroxylation is 2. The van der Waals surface area contributed by atoms with Gasteiger partial charge in [-0.3, -0.25) is 9.54 Å². The van der Waals surface area contributed by atoms with Crippen molar-refractivity contribution in [2.45, 2.75) is 46.0 Å². The van der Waals surface area contributed by atoms with Crippen molar-refractivity contribution < 1.29 is 13.0 Å². The third kappa shape index (κ3) is 16.5. The quantitative estimate of drug-likeness (QED) is 0.636. The number of hydrogen-bond acceptors (Lipinski definition) is 3. The molecule has 0 aromatic carbocycles. The van der Waals surface area contributed by atoms with Crippen LogP contribution >= 0.6 is 0 Å². The molecule has 2 rings (SSSR count). The number of aromatic amines is 1. The van der Waals surface area contributed by atoms with Crippen LogP contribution in [0.3, 0.4) is 0 Å². The Labute approximate surface area is 139 Å². The summed E-state index contributed by atoms with van der Waals surface area (Å²) in [6, 6.07) is 7.86. The molecule has 6 heteroatoms. The zero-order valence-electron chi connectivity index (χ0n) is 14.2. The van der Waals surface area contributed by atoms with Gasteiger partial charge >= 0.3 is 0 Å². The number of nitrogens with zero attached hydrogens (tertiary/aromatic N) is 1. The van der Waals surface area contributed by atoms with Gasteiger partial charge in [-0.25, -0.2) is 0 Å². The van der Waals surface area contributed by atoms with Crippen molar-refractivity contribution in [2.75, 3.05) is 6.26 Å². The maximum atomic E-state index is 9.19. The van der Waals surface area contributed by atoms with Crippen LogP contribution in [0.1, 0.15) is 43.9 Å². The Balaban J connectivity index is 0.000000367. The Hall–Kier alpha value is -1.66. The molecule has 0 spiro atoms. The highest BCUT2D eigenvalue weighted by atomic mass is 32.2. The highest BCUT2D eigenvalue weighted by Gasteiger charge is 1.97. The van der Waals surface area contributed by atoms with E-state index in [1.807, 2.05) is 24.4 Å². The lowest BCUT2D eigenvalue weighted by molar-refractivity contribution is 0.490. The van der Waals surface area contributed by atoms with Crippen molar-refractivity contribution in [2.24, 2.45) is 0 Å². The number of pyridine rings is 1. The van der Waals surface area contributed by atoms with Crippen LogP contribution in [0, 0.1) is 6.92 Å². The summed E-state index contributed by atoms with van der Waals surface area (Å²) in [6.45, 7) is 4.42. The van der Waals surface area contributed by atoms with Gasteiger partial charge in [0.1, 0.15) is 0 Å². The summed E-state index contributed by atoms with van der Waals surface area (Å²) in [5.41, 5.74) is 2.83. The summed E-state index contributed by atoms with van der Waals surface area (Å²) in [4.78, 5) is 7.07. The molecular weight excluding hydrogens is 312 g/mol. The maximum absolute atomic E-state index is 9.19. The molecule has 2 N–H and O–H groups in total. The molecule has 0 atom stereocenters. The fourth-order valence-electron chi connectivity index (χ4n) is 1.79. The maximum Gasteiger partial charge on any atom is 0.261 e. The largest absolute Gasteiger partial charge is 0.365 e. The molecule has 130 valence electrons. The van der Waals surface area contributed by atoms with E-state index in [9.17, 15) is 8.42 Å². The molecule has 0 amide bonds. The molecule has 2 heterocycles. The lowest BCUT2D eigenvalue weighted by Gasteiger charge is -1.99. The lowest BCUT2D eigenvalue weighted by atomic mass is 10.1. The van der Waals surface area contributed by atoms with E-state index in [4.69, 9.17) is 4.55 Å². The molecular formula is C17H28N2O3S. The number of rotatable bonds is 5. The summed E-state index contributed by atoms with van der Waals surface area (Å²) < 4.78 is 25.9. The highest BCUT2D eigenvalue weighted by molar-refractivity contribution is 7.85. The van der Waals surface area contributed by atoms with Gasteiger partial charge in [-0.15, -0.1) is 0 Å². The summed E-state index contributed by atoms with van der Waals surface area (Å²) in [7, 11) is -3.67. The second-order valence-corrected chi connectivity index (χ2v) is 6.67. The van der Waals surface area contributed by atoms with E-state index in [-0.39, 0.29) is 0 Å². The van der Waals surface area contributed by atoms with Crippen LogP contribution in [0.25, 0.3) is 0 Å². The minimum Gasteiger partial charge on any atom is -0.365 e. The highest BCUT2D eigenvalue weighted by Crippen LogP contribution is 2.09. The van der Waals surface area contributed by atoms with Gasteiger partial charge < -0.3 is 4.98 Å². The van der Waals surface area contributed by atoms with Gasteiger partial charge in [-0.05, 0) is 43.5 Å². The van der Waals surface area contributed by atoms with Gasteiger partial charge in [0.2, 0.25) is 0 Å². The Morgan fingerprint density at radius 3 is 2.09 bits per heavy atom. The first kappa shape index (κ1) is 21.3. The van der Waals surface area contributed by atoms with Crippen LogP contribution in [-0.4, -0.2) is 29.2 Å². The predicted octanol–water partition coefficient (Wildman–Crippen LogP) is 4.03. The third-order valence-corrected chi connectivity index (χ3v) is 2.91. The van der Waals surface area contributed by atoms with Crippen LogP contribution < -0.4 is 0 Å². The average Bonchev–Trinajstić information content (AvgIpc) is 2.90. The first-order chi connectivity index (χ1) is 10.8. The van der Waals surface area contributed by atoms with Gasteiger partial charge in [0, 0.05) is 24.3 Å². The van der Waals surface area contributed by atoms with Gasteiger partial charge in [0.05, 0.1) is 6.26 Å². The van der Waals surface area contributed by atoms with Crippen molar-refractivity contribution in [3.8, 4) is 0 Å². The Morgan fingerprint density at radius 1 is 1.13 bits per heavy atom. The smallest absolute Gasteiger partial charge is 0.261 e. The molecule has 2 aromatic rings. The van der Waals surface area contributed by atoms with E-state index in [0.717, 1.165) is 0 Å². The third-order valence-electron chi connectivity index (χ3n) is 2.91. The molecule has 23 heavy (non-hydrogen) atoms. The predicted molar refractivity (Wildman–Crippen MR) is 95.1 cm³/mol. The molecule has 0 aliphatic rings. The molecule has 0 unspecified atom stereocenters. The molecule has 0 radical (unpaired) electrons. The standard InChI is InChI=1S/C11H19N.C5H5N.CH4O3S/c1-3-4-5-6-7-11-10(2)8-9-12-11;1-2-4-6-5-3-1;1-5(2,3)4/h8-9,12H,3-7H2,1-2H3;1-5H;1H3,(H,2,3,4). The Bertz CT molecular complexity index is 561. The van der Waals surface area contributed by atoms with Crippen molar-refractivity contribution in [3.63, 3.8) is 0 Å². The zero-order chi connectivity index (χ0) is 17.6. The van der Waals surface area contributed by atoms with Gasteiger partial charge in [0.25, 0.3) is 10.1 Å². The van der Waals surface area contributed by atoms with Crippen LogP contribution in [0.5, 0.6) is 0 Å². The summed E-state index contributed by atoms with van der Waals surface area (Å²) >= 11 is 0. The Morgan fingerprint density at radius 2 is 1.74 bits per heavy atom. The van der Waals surface area contributed by atoms with Crippen LogP contribution in [-0.2, 0) is 16.5 Å². The van der Waals surface area contributed by atoms with Crippen LogP contribution in [0.15, 0.2) is 42.9 Å². The number of aromatic nitrogens is 2. The van der Waals surface area contributed by atoms with Crippen molar-refractivity contribution in [1.29, 1.82) is 0 Å². The molecule has 0 bridgehead atoms. The fourth-order valence-corrected chi connectivity index (χ4v) is 1.79.